The summed E-state index contributed by atoms with van der Waals surface area (Å²) in [6.45, 7) is 3.65. The molecule has 1 saturated heterocycles. The molecule has 1 fully saturated rings. The summed E-state index contributed by atoms with van der Waals surface area (Å²) in [4.78, 5) is 6.42. The SMILES string of the molecule is COc1ccc(-c2noc(CN3CC(C)(O)C3)n2)cc1. The Kier molecular flexibility index (Phi) is 3.19. The van der Waals surface area contributed by atoms with Crippen LogP contribution < -0.4 is 4.74 Å². The molecular weight excluding hydrogens is 258 g/mol. The summed E-state index contributed by atoms with van der Waals surface area (Å²) >= 11 is 0. The van der Waals surface area contributed by atoms with Crippen LogP contribution >= 0.6 is 0 Å². The first kappa shape index (κ1) is 13.1. The van der Waals surface area contributed by atoms with Crippen molar-refractivity contribution in [2.45, 2.75) is 19.1 Å². The molecule has 106 valence electrons. The average Bonchev–Trinajstić information content (AvgIpc) is 2.85. The van der Waals surface area contributed by atoms with Gasteiger partial charge in [0.15, 0.2) is 0 Å². The van der Waals surface area contributed by atoms with Crippen LogP contribution in [-0.4, -0.2) is 45.9 Å². The molecule has 0 aliphatic carbocycles. The van der Waals surface area contributed by atoms with Gasteiger partial charge in [-0.15, -0.1) is 0 Å². The Hall–Kier alpha value is -1.92. The van der Waals surface area contributed by atoms with Gasteiger partial charge in [-0.3, -0.25) is 4.90 Å². The topological polar surface area (TPSA) is 71.6 Å². The second kappa shape index (κ2) is 4.88. The Morgan fingerprint density at radius 2 is 2.05 bits per heavy atom. The fraction of sp³-hybridized carbons (Fsp3) is 0.429. The van der Waals surface area contributed by atoms with E-state index in [1.54, 1.807) is 7.11 Å². The Bertz CT molecular complexity index is 584. The molecule has 1 aromatic carbocycles. The molecule has 1 aliphatic heterocycles. The number of β-amino-alcohol motifs (C(OH)–C–C–N with tert-alkyl or cyclic N) is 1. The lowest BCUT2D eigenvalue weighted by Gasteiger charge is -2.43. The maximum atomic E-state index is 9.67. The van der Waals surface area contributed by atoms with Gasteiger partial charge >= 0.3 is 0 Å². The maximum Gasteiger partial charge on any atom is 0.241 e. The zero-order valence-electron chi connectivity index (χ0n) is 11.5. The van der Waals surface area contributed by atoms with Gasteiger partial charge in [-0.1, -0.05) is 5.16 Å². The molecule has 0 amide bonds. The average molecular weight is 275 g/mol. The van der Waals surface area contributed by atoms with Crippen molar-refractivity contribution in [3.8, 4) is 17.1 Å². The molecule has 1 N–H and O–H groups in total. The summed E-state index contributed by atoms with van der Waals surface area (Å²) < 4.78 is 10.3. The van der Waals surface area contributed by atoms with Crippen LogP contribution in [0.4, 0.5) is 0 Å². The second-order valence-electron chi connectivity index (χ2n) is 5.38. The molecule has 2 aromatic rings. The molecule has 6 nitrogen and oxygen atoms in total. The lowest BCUT2D eigenvalue weighted by atomic mass is 9.97. The normalized spacial score (nSPS) is 17.8. The van der Waals surface area contributed by atoms with Gasteiger partial charge in [0.2, 0.25) is 11.7 Å². The predicted molar refractivity (Wildman–Crippen MR) is 72.2 cm³/mol. The fourth-order valence-corrected chi connectivity index (χ4v) is 2.40. The number of aromatic nitrogens is 2. The third-order valence-electron chi connectivity index (χ3n) is 3.30. The Morgan fingerprint density at radius 3 is 2.65 bits per heavy atom. The van der Waals surface area contributed by atoms with Gasteiger partial charge in [-0.2, -0.15) is 4.98 Å². The Labute approximate surface area is 117 Å². The smallest absolute Gasteiger partial charge is 0.241 e. The van der Waals surface area contributed by atoms with Crippen LogP contribution in [0.1, 0.15) is 12.8 Å². The zero-order valence-corrected chi connectivity index (χ0v) is 11.5. The monoisotopic (exact) mass is 275 g/mol. The van der Waals surface area contributed by atoms with Gasteiger partial charge in [0.05, 0.1) is 19.3 Å². The quantitative estimate of drug-likeness (QED) is 0.907. The minimum Gasteiger partial charge on any atom is -0.497 e. The van der Waals surface area contributed by atoms with Gasteiger partial charge < -0.3 is 14.4 Å². The van der Waals surface area contributed by atoms with Gasteiger partial charge in [0.25, 0.3) is 0 Å². The van der Waals surface area contributed by atoms with E-state index in [-0.39, 0.29) is 0 Å². The molecule has 0 spiro atoms. The molecule has 1 aliphatic rings. The first-order valence-electron chi connectivity index (χ1n) is 6.47. The van der Waals surface area contributed by atoms with Gasteiger partial charge in [0, 0.05) is 18.7 Å². The molecular formula is C14H17N3O3. The minimum absolute atomic E-state index is 0.561. The fourth-order valence-electron chi connectivity index (χ4n) is 2.40. The van der Waals surface area contributed by atoms with Crippen LogP contribution in [0.25, 0.3) is 11.4 Å². The molecule has 0 saturated carbocycles. The third-order valence-corrected chi connectivity index (χ3v) is 3.30. The predicted octanol–water partition coefficient (Wildman–Crippen LogP) is 1.31. The highest BCUT2D eigenvalue weighted by Crippen LogP contribution is 2.23. The van der Waals surface area contributed by atoms with Gasteiger partial charge in [-0.05, 0) is 31.2 Å². The van der Waals surface area contributed by atoms with Crippen LogP contribution in [-0.2, 0) is 6.54 Å². The number of nitrogens with zero attached hydrogens (tertiary/aromatic N) is 3. The first-order chi connectivity index (χ1) is 9.55. The third kappa shape index (κ3) is 2.66. The van der Waals surface area contributed by atoms with Crippen molar-refractivity contribution >= 4 is 0 Å². The van der Waals surface area contributed by atoms with Crippen molar-refractivity contribution < 1.29 is 14.4 Å². The number of aliphatic hydroxyl groups is 1. The van der Waals surface area contributed by atoms with Crippen LogP contribution in [0.2, 0.25) is 0 Å². The molecule has 2 heterocycles. The highest BCUT2D eigenvalue weighted by molar-refractivity contribution is 5.55. The van der Waals surface area contributed by atoms with Crippen molar-refractivity contribution in [3.05, 3.63) is 30.2 Å². The van der Waals surface area contributed by atoms with Crippen LogP contribution in [0, 0.1) is 0 Å². The molecule has 1 aromatic heterocycles. The van der Waals surface area contributed by atoms with E-state index in [1.807, 2.05) is 31.2 Å². The van der Waals surface area contributed by atoms with E-state index in [1.165, 1.54) is 0 Å². The van der Waals surface area contributed by atoms with E-state index < -0.39 is 5.60 Å². The van der Waals surface area contributed by atoms with Crippen LogP contribution in [0.15, 0.2) is 28.8 Å². The number of benzene rings is 1. The van der Waals surface area contributed by atoms with E-state index in [9.17, 15) is 5.11 Å². The number of likely N-dealkylation sites (tertiary alicyclic amines) is 1. The molecule has 0 bridgehead atoms. The van der Waals surface area contributed by atoms with Gasteiger partial charge in [-0.25, -0.2) is 0 Å². The Balaban J connectivity index is 1.67. The Morgan fingerprint density at radius 1 is 1.35 bits per heavy atom. The van der Waals surface area contributed by atoms with Crippen molar-refractivity contribution in [2.75, 3.05) is 20.2 Å². The number of methoxy groups -OCH3 is 1. The second-order valence-corrected chi connectivity index (χ2v) is 5.38. The van der Waals surface area contributed by atoms with E-state index in [4.69, 9.17) is 9.26 Å². The number of rotatable bonds is 4. The summed E-state index contributed by atoms with van der Waals surface area (Å²) in [5, 5.41) is 13.6. The molecule has 0 radical (unpaired) electrons. The van der Waals surface area contributed by atoms with Crippen LogP contribution in [0.5, 0.6) is 5.75 Å². The van der Waals surface area contributed by atoms with E-state index in [0.717, 1.165) is 11.3 Å². The summed E-state index contributed by atoms with van der Waals surface area (Å²) in [7, 11) is 1.63. The highest BCUT2D eigenvalue weighted by Gasteiger charge is 2.37. The largest absolute Gasteiger partial charge is 0.497 e. The van der Waals surface area contributed by atoms with Crippen molar-refractivity contribution in [1.29, 1.82) is 0 Å². The lowest BCUT2D eigenvalue weighted by molar-refractivity contribution is -0.0901. The van der Waals surface area contributed by atoms with E-state index in [2.05, 4.69) is 15.0 Å². The molecule has 0 atom stereocenters. The molecule has 20 heavy (non-hydrogen) atoms. The van der Waals surface area contributed by atoms with Gasteiger partial charge in [0.1, 0.15) is 5.75 Å². The number of ether oxygens (including phenoxy) is 1. The number of hydrogen-bond donors (Lipinski definition) is 1. The van der Waals surface area contributed by atoms with Crippen molar-refractivity contribution in [3.63, 3.8) is 0 Å². The minimum atomic E-state index is -0.584. The zero-order chi connectivity index (χ0) is 14.2. The summed E-state index contributed by atoms with van der Waals surface area (Å²) in [6.07, 6.45) is 0. The van der Waals surface area contributed by atoms with E-state index >= 15 is 0 Å². The highest BCUT2D eigenvalue weighted by atomic mass is 16.5. The summed E-state index contributed by atoms with van der Waals surface area (Å²) in [6, 6.07) is 7.50. The lowest BCUT2D eigenvalue weighted by Crippen LogP contribution is -2.59. The number of hydrogen-bond acceptors (Lipinski definition) is 6. The molecule has 3 rings (SSSR count). The first-order valence-corrected chi connectivity index (χ1v) is 6.47. The van der Waals surface area contributed by atoms with Crippen molar-refractivity contribution in [2.24, 2.45) is 0 Å². The summed E-state index contributed by atoms with van der Waals surface area (Å²) in [5.41, 5.74) is 0.301. The van der Waals surface area contributed by atoms with E-state index in [0.29, 0.717) is 31.3 Å². The summed E-state index contributed by atoms with van der Waals surface area (Å²) in [5.74, 6) is 1.92. The standard InChI is InChI=1S/C14H17N3O3/c1-14(18)8-17(9-14)7-12-15-13(16-20-12)10-3-5-11(19-2)6-4-10/h3-6,18H,7-9H2,1-2H3. The molecule has 0 unspecified atom stereocenters. The maximum absolute atomic E-state index is 9.67. The van der Waals surface area contributed by atoms with Crippen molar-refractivity contribution in [1.82, 2.24) is 15.0 Å². The van der Waals surface area contributed by atoms with Crippen LogP contribution in [0.3, 0.4) is 0 Å². The molecule has 6 heteroatoms.